The van der Waals surface area contributed by atoms with Gasteiger partial charge in [0.1, 0.15) is 0 Å². The third kappa shape index (κ3) is 4.50. The van der Waals surface area contributed by atoms with Crippen LogP contribution in [-0.4, -0.2) is 62.0 Å². The van der Waals surface area contributed by atoms with E-state index >= 15 is 0 Å². The van der Waals surface area contributed by atoms with Gasteiger partial charge in [-0.2, -0.15) is 0 Å². The predicted octanol–water partition coefficient (Wildman–Crippen LogP) is 2.37. The molecule has 2 aliphatic rings. The van der Waals surface area contributed by atoms with Gasteiger partial charge in [-0.05, 0) is 44.4 Å². The molecule has 1 N–H and O–H groups in total. The van der Waals surface area contributed by atoms with E-state index in [1.165, 1.54) is 11.8 Å². The Morgan fingerprint density at radius 3 is 2.74 bits per heavy atom. The van der Waals surface area contributed by atoms with E-state index in [9.17, 15) is 4.79 Å². The summed E-state index contributed by atoms with van der Waals surface area (Å²) in [4.78, 5) is 19.0. The Morgan fingerprint density at radius 1 is 1.26 bits per heavy atom. The maximum atomic E-state index is 12.4. The molecule has 0 spiro atoms. The molecule has 0 bridgehead atoms. The van der Waals surface area contributed by atoms with Crippen molar-refractivity contribution in [3.63, 3.8) is 0 Å². The highest BCUT2D eigenvalue weighted by Gasteiger charge is 2.30. The van der Waals surface area contributed by atoms with Crippen LogP contribution in [0.4, 0.5) is 0 Å². The van der Waals surface area contributed by atoms with E-state index in [0.29, 0.717) is 17.8 Å². The van der Waals surface area contributed by atoms with Crippen molar-refractivity contribution in [2.24, 2.45) is 0 Å². The molecular weight excluding hydrogens is 360 g/mol. The molecule has 0 aromatic carbocycles. The van der Waals surface area contributed by atoms with Crippen LogP contribution in [0.5, 0.6) is 0 Å². The lowest BCUT2D eigenvalue weighted by molar-refractivity contribution is -0.119. The van der Waals surface area contributed by atoms with Crippen molar-refractivity contribution >= 4 is 17.7 Å². The fourth-order valence-corrected chi connectivity index (χ4v) is 4.34. The summed E-state index contributed by atoms with van der Waals surface area (Å²) in [5, 5.41) is 12.7. The van der Waals surface area contributed by atoms with Gasteiger partial charge in [-0.3, -0.25) is 14.3 Å². The van der Waals surface area contributed by atoms with Crippen molar-refractivity contribution in [2.45, 2.75) is 49.8 Å². The van der Waals surface area contributed by atoms with Gasteiger partial charge in [0, 0.05) is 43.1 Å². The first-order chi connectivity index (χ1) is 13.2. The summed E-state index contributed by atoms with van der Waals surface area (Å²) >= 11 is 1.48. The number of hydrogen-bond donors (Lipinski definition) is 1. The van der Waals surface area contributed by atoms with E-state index < -0.39 is 0 Å². The molecule has 27 heavy (non-hydrogen) atoms. The van der Waals surface area contributed by atoms with Crippen LogP contribution in [0.2, 0.25) is 0 Å². The zero-order chi connectivity index (χ0) is 18.6. The minimum absolute atomic E-state index is 0.0863. The molecule has 0 unspecified atom stereocenters. The average Bonchev–Trinajstić information content (AvgIpc) is 3.46. The quantitative estimate of drug-likeness (QED) is 0.737. The lowest BCUT2D eigenvalue weighted by atomic mass is 10.1. The molecule has 1 aliphatic heterocycles. The van der Waals surface area contributed by atoms with E-state index in [1.54, 1.807) is 6.20 Å². The topological polar surface area (TPSA) is 75.9 Å². The maximum absolute atomic E-state index is 12.4. The van der Waals surface area contributed by atoms with Crippen LogP contribution in [0, 0.1) is 0 Å². The van der Waals surface area contributed by atoms with Gasteiger partial charge in [0.05, 0.1) is 5.75 Å². The van der Waals surface area contributed by atoms with E-state index in [-0.39, 0.29) is 5.91 Å². The third-order valence-corrected chi connectivity index (χ3v) is 6.17. The average molecular weight is 387 g/mol. The van der Waals surface area contributed by atoms with Crippen molar-refractivity contribution in [2.75, 3.05) is 25.4 Å². The number of pyridine rings is 1. The maximum Gasteiger partial charge on any atom is 0.230 e. The predicted molar refractivity (Wildman–Crippen MR) is 106 cm³/mol. The zero-order valence-electron chi connectivity index (χ0n) is 15.7. The molecule has 1 saturated heterocycles. The lowest BCUT2D eigenvalue weighted by Gasteiger charge is -2.31. The first-order valence-electron chi connectivity index (χ1n) is 9.74. The number of piperidine rings is 1. The molecular formula is C19H26N6OS. The molecule has 2 aromatic rings. The Bertz CT molecular complexity index is 768. The second-order valence-electron chi connectivity index (χ2n) is 7.21. The molecule has 4 rings (SSSR count). The fraction of sp³-hybridized carbons (Fsp3) is 0.579. The lowest BCUT2D eigenvalue weighted by Crippen LogP contribution is -2.45. The number of nitrogens with zero attached hydrogens (tertiary/aromatic N) is 5. The molecule has 144 valence electrons. The van der Waals surface area contributed by atoms with E-state index in [2.05, 4.69) is 36.9 Å². The summed E-state index contributed by atoms with van der Waals surface area (Å²) in [6, 6.07) is 4.65. The van der Waals surface area contributed by atoms with Crippen LogP contribution in [0.1, 0.15) is 38.6 Å². The second kappa shape index (κ2) is 8.39. The highest BCUT2D eigenvalue weighted by Crippen LogP contribution is 2.40. The summed E-state index contributed by atoms with van der Waals surface area (Å²) in [5.41, 5.74) is 0.968. The minimum atomic E-state index is 0.0863. The first kappa shape index (κ1) is 18.4. The van der Waals surface area contributed by atoms with Crippen LogP contribution >= 0.6 is 11.8 Å². The minimum Gasteiger partial charge on any atom is -0.353 e. The highest BCUT2D eigenvalue weighted by molar-refractivity contribution is 7.99. The number of aromatic nitrogens is 4. The smallest absolute Gasteiger partial charge is 0.230 e. The van der Waals surface area contributed by atoms with Crippen molar-refractivity contribution in [1.82, 2.24) is 30.0 Å². The Hall–Kier alpha value is -1.93. The molecule has 8 heteroatoms. The van der Waals surface area contributed by atoms with Gasteiger partial charge in [0.2, 0.25) is 5.91 Å². The summed E-state index contributed by atoms with van der Waals surface area (Å²) < 4.78 is 2.18. The fourth-order valence-electron chi connectivity index (χ4n) is 3.52. The molecule has 7 nitrogen and oxygen atoms in total. The molecule has 3 heterocycles. The molecule has 1 aliphatic carbocycles. The Kier molecular flexibility index (Phi) is 5.73. The number of nitrogens with one attached hydrogen (secondary N) is 1. The number of thioether (sulfide) groups is 1. The SMILES string of the molecule is CCN1CCC(NC(=O)CSc2nnc(-c3cccnc3)n2C2CC2)CC1. The molecule has 2 fully saturated rings. The van der Waals surface area contributed by atoms with Crippen molar-refractivity contribution < 1.29 is 4.79 Å². The molecule has 0 radical (unpaired) electrons. The van der Waals surface area contributed by atoms with Crippen molar-refractivity contribution in [3.8, 4) is 11.4 Å². The molecule has 0 atom stereocenters. The van der Waals surface area contributed by atoms with Crippen LogP contribution in [0.3, 0.4) is 0 Å². The monoisotopic (exact) mass is 386 g/mol. The van der Waals surface area contributed by atoms with Crippen LogP contribution in [-0.2, 0) is 4.79 Å². The summed E-state index contributed by atoms with van der Waals surface area (Å²) in [5.74, 6) is 1.31. The Balaban J connectivity index is 1.36. The summed E-state index contributed by atoms with van der Waals surface area (Å²) in [7, 11) is 0. The van der Waals surface area contributed by atoms with Crippen LogP contribution in [0.15, 0.2) is 29.7 Å². The first-order valence-corrected chi connectivity index (χ1v) is 10.7. The summed E-state index contributed by atoms with van der Waals surface area (Å²) in [6.45, 7) is 5.41. The molecule has 2 aromatic heterocycles. The highest BCUT2D eigenvalue weighted by atomic mass is 32.2. The summed E-state index contributed by atoms with van der Waals surface area (Å²) in [6.07, 6.45) is 7.92. The van der Waals surface area contributed by atoms with Crippen molar-refractivity contribution in [3.05, 3.63) is 24.5 Å². The largest absolute Gasteiger partial charge is 0.353 e. The van der Waals surface area contributed by atoms with Gasteiger partial charge >= 0.3 is 0 Å². The third-order valence-electron chi connectivity index (χ3n) is 5.23. The molecule has 1 amide bonds. The van der Waals surface area contributed by atoms with Gasteiger partial charge in [0.15, 0.2) is 11.0 Å². The van der Waals surface area contributed by atoms with Gasteiger partial charge in [-0.1, -0.05) is 18.7 Å². The van der Waals surface area contributed by atoms with Crippen LogP contribution < -0.4 is 5.32 Å². The number of carbonyl (C=O) groups excluding carboxylic acids is 1. The van der Waals surface area contributed by atoms with E-state index in [0.717, 1.165) is 61.9 Å². The Labute approximate surface area is 163 Å². The Morgan fingerprint density at radius 2 is 2.07 bits per heavy atom. The van der Waals surface area contributed by atoms with Gasteiger partial charge in [-0.25, -0.2) is 0 Å². The number of carbonyl (C=O) groups is 1. The van der Waals surface area contributed by atoms with Gasteiger partial charge in [0.25, 0.3) is 0 Å². The number of hydrogen-bond acceptors (Lipinski definition) is 6. The number of likely N-dealkylation sites (tertiary alicyclic amines) is 1. The van der Waals surface area contributed by atoms with E-state index in [1.807, 2.05) is 18.3 Å². The van der Waals surface area contributed by atoms with Crippen LogP contribution in [0.25, 0.3) is 11.4 Å². The molecule has 1 saturated carbocycles. The van der Waals surface area contributed by atoms with Crippen molar-refractivity contribution in [1.29, 1.82) is 0 Å². The van der Waals surface area contributed by atoms with Gasteiger partial charge in [-0.15, -0.1) is 10.2 Å². The number of amides is 1. The second-order valence-corrected chi connectivity index (χ2v) is 8.16. The standard InChI is InChI=1S/C19H26N6OS/c1-2-24-10-7-15(8-11-24)21-17(26)13-27-19-23-22-18(25(19)16-5-6-16)14-4-3-9-20-12-14/h3-4,9,12,15-16H,2,5-8,10-11,13H2,1H3,(H,21,26). The zero-order valence-corrected chi connectivity index (χ0v) is 16.5. The normalized spacial score (nSPS) is 18.6. The van der Waals surface area contributed by atoms with Gasteiger partial charge < -0.3 is 10.2 Å². The number of rotatable bonds is 7. The van der Waals surface area contributed by atoms with E-state index in [4.69, 9.17) is 0 Å².